The summed E-state index contributed by atoms with van der Waals surface area (Å²) < 4.78 is 42.2. The third-order valence-electron chi connectivity index (χ3n) is 3.08. The average Bonchev–Trinajstić information content (AvgIpc) is 3.13. The molecule has 1 saturated carbocycles. The maximum absolute atomic E-state index is 12.3. The molecule has 0 aromatic heterocycles. The molecule has 1 fully saturated rings. The Labute approximate surface area is 114 Å². The van der Waals surface area contributed by atoms with Crippen molar-refractivity contribution in [3.63, 3.8) is 0 Å². The number of benzene rings is 1. The molecular weight excluding hydrogens is 273 g/mol. The van der Waals surface area contributed by atoms with Gasteiger partial charge in [0.1, 0.15) is 12.4 Å². The van der Waals surface area contributed by atoms with Crippen molar-refractivity contribution in [1.29, 1.82) is 0 Å². The Morgan fingerprint density at radius 3 is 2.40 bits per heavy atom. The molecule has 1 aromatic rings. The molecule has 3 N–H and O–H groups in total. The molecule has 7 heteroatoms. The summed E-state index contributed by atoms with van der Waals surface area (Å²) in [6.45, 7) is 0.436. The van der Waals surface area contributed by atoms with E-state index in [1.54, 1.807) is 0 Å². The van der Waals surface area contributed by atoms with Crippen molar-refractivity contribution in [2.75, 3.05) is 13.2 Å². The third kappa shape index (κ3) is 3.63. The molecular formula is C13H15F3N2O2. The zero-order valence-electron chi connectivity index (χ0n) is 10.7. The minimum absolute atomic E-state index is 0.174. The monoisotopic (exact) mass is 288 g/mol. The molecule has 1 aromatic carbocycles. The van der Waals surface area contributed by atoms with Gasteiger partial charge in [0, 0.05) is 0 Å². The number of carbonyl (C=O) groups excluding carboxylic acids is 1. The summed E-state index contributed by atoms with van der Waals surface area (Å²) in [5, 5.41) is 2.62. The largest absolute Gasteiger partial charge is 0.492 e. The second kappa shape index (κ2) is 5.32. The van der Waals surface area contributed by atoms with Crippen molar-refractivity contribution < 1.29 is 22.7 Å². The van der Waals surface area contributed by atoms with E-state index in [0.717, 1.165) is 12.1 Å². The van der Waals surface area contributed by atoms with Crippen molar-refractivity contribution in [2.45, 2.75) is 24.6 Å². The molecule has 1 amide bonds. The molecule has 1 aliphatic rings. The van der Waals surface area contributed by atoms with E-state index in [0.29, 0.717) is 18.6 Å². The number of hydrogen-bond donors (Lipinski definition) is 2. The van der Waals surface area contributed by atoms with Gasteiger partial charge in [-0.25, -0.2) is 0 Å². The number of halogens is 3. The highest BCUT2D eigenvalue weighted by atomic mass is 19.4. The van der Waals surface area contributed by atoms with Gasteiger partial charge in [-0.1, -0.05) is 0 Å². The van der Waals surface area contributed by atoms with E-state index in [2.05, 4.69) is 5.32 Å². The van der Waals surface area contributed by atoms with Gasteiger partial charge in [-0.05, 0) is 37.1 Å². The van der Waals surface area contributed by atoms with E-state index in [9.17, 15) is 18.0 Å². The molecule has 110 valence electrons. The van der Waals surface area contributed by atoms with Crippen LogP contribution in [0.25, 0.3) is 0 Å². The lowest BCUT2D eigenvalue weighted by Crippen LogP contribution is -2.44. The fourth-order valence-corrected chi connectivity index (χ4v) is 1.61. The SMILES string of the molecule is NC1(C(=O)NCCOc2ccc(C(F)(F)F)cc2)CC1. The summed E-state index contributed by atoms with van der Waals surface area (Å²) in [6, 6.07) is 4.39. The van der Waals surface area contributed by atoms with Gasteiger partial charge in [0.25, 0.3) is 0 Å². The molecule has 0 radical (unpaired) electrons. The van der Waals surface area contributed by atoms with Crippen LogP contribution in [0.4, 0.5) is 13.2 Å². The quantitative estimate of drug-likeness (QED) is 0.810. The van der Waals surface area contributed by atoms with Gasteiger partial charge in [0.2, 0.25) is 5.91 Å². The van der Waals surface area contributed by atoms with E-state index in [-0.39, 0.29) is 19.1 Å². The van der Waals surface area contributed by atoms with Crippen LogP contribution >= 0.6 is 0 Å². The molecule has 2 rings (SSSR count). The van der Waals surface area contributed by atoms with E-state index < -0.39 is 17.3 Å². The van der Waals surface area contributed by atoms with Gasteiger partial charge in [-0.3, -0.25) is 4.79 Å². The Morgan fingerprint density at radius 2 is 1.90 bits per heavy atom. The maximum Gasteiger partial charge on any atom is 0.416 e. The van der Waals surface area contributed by atoms with Crippen molar-refractivity contribution in [3.05, 3.63) is 29.8 Å². The van der Waals surface area contributed by atoms with Gasteiger partial charge in [-0.15, -0.1) is 0 Å². The van der Waals surface area contributed by atoms with E-state index in [1.165, 1.54) is 12.1 Å². The lowest BCUT2D eigenvalue weighted by molar-refractivity contribution is -0.137. The normalized spacial score (nSPS) is 16.6. The summed E-state index contributed by atoms with van der Waals surface area (Å²) in [7, 11) is 0. The maximum atomic E-state index is 12.3. The van der Waals surface area contributed by atoms with Crippen molar-refractivity contribution >= 4 is 5.91 Å². The summed E-state index contributed by atoms with van der Waals surface area (Å²) in [6.07, 6.45) is -3.00. The number of carbonyl (C=O) groups is 1. The van der Waals surface area contributed by atoms with Crippen LogP contribution < -0.4 is 15.8 Å². The predicted molar refractivity (Wildman–Crippen MR) is 66.1 cm³/mol. The number of hydrogen-bond acceptors (Lipinski definition) is 3. The van der Waals surface area contributed by atoms with Crippen LogP contribution in [0, 0.1) is 0 Å². The van der Waals surface area contributed by atoms with Crippen LogP contribution in [0.2, 0.25) is 0 Å². The second-order valence-corrected chi connectivity index (χ2v) is 4.78. The lowest BCUT2D eigenvalue weighted by Gasteiger charge is -2.11. The fourth-order valence-electron chi connectivity index (χ4n) is 1.61. The minimum atomic E-state index is -4.35. The van der Waals surface area contributed by atoms with Crippen molar-refractivity contribution in [1.82, 2.24) is 5.32 Å². The molecule has 0 heterocycles. The second-order valence-electron chi connectivity index (χ2n) is 4.78. The van der Waals surface area contributed by atoms with Crippen molar-refractivity contribution in [2.24, 2.45) is 5.73 Å². The number of alkyl halides is 3. The van der Waals surface area contributed by atoms with Crippen LogP contribution in [-0.2, 0) is 11.0 Å². The Kier molecular flexibility index (Phi) is 3.89. The van der Waals surface area contributed by atoms with Crippen LogP contribution in [-0.4, -0.2) is 24.6 Å². The van der Waals surface area contributed by atoms with Crippen LogP contribution in [0.5, 0.6) is 5.75 Å². The zero-order valence-corrected chi connectivity index (χ0v) is 10.7. The Morgan fingerprint density at radius 1 is 1.30 bits per heavy atom. The molecule has 0 atom stereocenters. The van der Waals surface area contributed by atoms with Gasteiger partial charge < -0.3 is 15.8 Å². The number of rotatable bonds is 5. The number of ether oxygens (including phenoxy) is 1. The van der Waals surface area contributed by atoms with Crippen LogP contribution in [0.3, 0.4) is 0 Å². The topological polar surface area (TPSA) is 64.4 Å². The number of amides is 1. The zero-order chi connectivity index (χ0) is 14.8. The highest BCUT2D eigenvalue weighted by Gasteiger charge is 2.45. The Hall–Kier alpha value is -1.76. The highest BCUT2D eigenvalue weighted by Crippen LogP contribution is 2.32. The van der Waals surface area contributed by atoms with Gasteiger partial charge in [0.15, 0.2) is 0 Å². The standard InChI is InChI=1S/C13H15F3N2O2/c14-13(15,16)9-1-3-10(4-2-9)20-8-7-18-11(19)12(17)5-6-12/h1-4H,5-8,17H2,(H,18,19). The molecule has 0 saturated heterocycles. The van der Waals surface area contributed by atoms with E-state index in [4.69, 9.17) is 10.5 Å². The number of nitrogens with two attached hydrogens (primary N) is 1. The van der Waals surface area contributed by atoms with Gasteiger partial charge in [0.05, 0.1) is 17.6 Å². The summed E-state index contributed by atoms with van der Waals surface area (Å²) >= 11 is 0. The predicted octanol–water partition coefficient (Wildman–Crippen LogP) is 1.69. The first-order valence-corrected chi connectivity index (χ1v) is 6.18. The Bertz CT molecular complexity index is 481. The first kappa shape index (κ1) is 14.6. The molecule has 0 aliphatic heterocycles. The highest BCUT2D eigenvalue weighted by molar-refractivity contribution is 5.88. The smallest absolute Gasteiger partial charge is 0.416 e. The van der Waals surface area contributed by atoms with Crippen molar-refractivity contribution in [3.8, 4) is 5.75 Å². The first-order chi connectivity index (χ1) is 9.31. The van der Waals surface area contributed by atoms with Gasteiger partial charge >= 0.3 is 6.18 Å². The molecule has 0 unspecified atom stereocenters. The number of nitrogens with one attached hydrogen (secondary N) is 1. The molecule has 0 spiro atoms. The molecule has 4 nitrogen and oxygen atoms in total. The van der Waals surface area contributed by atoms with E-state index in [1.807, 2.05) is 0 Å². The molecule has 0 bridgehead atoms. The van der Waals surface area contributed by atoms with Crippen LogP contribution in [0.1, 0.15) is 18.4 Å². The molecule has 1 aliphatic carbocycles. The summed E-state index contributed by atoms with van der Waals surface area (Å²) in [5.74, 6) is 0.106. The third-order valence-corrected chi connectivity index (χ3v) is 3.08. The summed E-state index contributed by atoms with van der Waals surface area (Å²) in [5.41, 5.74) is 4.23. The van der Waals surface area contributed by atoms with E-state index >= 15 is 0 Å². The lowest BCUT2D eigenvalue weighted by atomic mass is 10.2. The van der Waals surface area contributed by atoms with Gasteiger partial charge in [-0.2, -0.15) is 13.2 Å². The average molecular weight is 288 g/mol. The minimum Gasteiger partial charge on any atom is -0.492 e. The van der Waals surface area contributed by atoms with Crippen LogP contribution in [0.15, 0.2) is 24.3 Å². The summed E-state index contributed by atoms with van der Waals surface area (Å²) in [4.78, 5) is 11.5. The molecule has 20 heavy (non-hydrogen) atoms. The fraction of sp³-hybridized carbons (Fsp3) is 0.462. The first-order valence-electron chi connectivity index (χ1n) is 6.18. The Balaban J connectivity index is 1.73.